The summed E-state index contributed by atoms with van der Waals surface area (Å²) in [6.07, 6.45) is 3.36. The molecule has 0 aliphatic carbocycles. The molecule has 0 fully saturated rings. The fraction of sp³-hybridized carbons (Fsp3) is 0.222. The normalized spacial score (nSPS) is 20.1. The molecule has 1 N–H and O–H groups in total. The summed E-state index contributed by atoms with van der Waals surface area (Å²) in [6.45, 7) is 0. The van der Waals surface area contributed by atoms with Gasteiger partial charge in [0.05, 0.1) is 0 Å². The van der Waals surface area contributed by atoms with Crippen LogP contribution in [-0.2, 0) is 4.79 Å². The molecule has 0 spiro atoms. The Morgan fingerprint density at radius 2 is 2.40 bits per heavy atom. The van der Waals surface area contributed by atoms with Crippen LogP contribution in [0.2, 0.25) is 0 Å². The standard InChI is InChI=1S/C9H7BrN2O2S/c10-6-1-5(2-11-3-6)8-12-7(4-15-8)9(13)14/h1-3,7H,4H2,(H,13,14). The number of thioether (sulfide) groups is 1. The molecule has 1 aromatic heterocycles. The number of hydrogen-bond donors (Lipinski definition) is 1. The highest BCUT2D eigenvalue weighted by Crippen LogP contribution is 2.24. The molecule has 0 saturated carbocycles. The number of aromatic nitrogens is 1. The van der Waals surface area contributed by atoms with Crippen LogP contribution in [0.1, 0.15) is 5.56 Å². The average molecular weight is 287 g/mol. The van der Waals surface area contributed by atoms with E-state index in [1.807, 2.05) is 6.07 Å². The second-order valence-corrected chi connectivity index (χ2v) is 4.92. The maximum Gasteiger partial charge on any atom is 0.329 e. The summed E-state index contributed by atoms with van der Waals surface area (Å²) in [5.41, 5.74) is 0.859. The van der Waals surface area contributed by atoms with Gasteiger partial charge in [-0.1, -0.05) is 0 Å². The van der Waals surface area contributed by atoms with E-state index >= 15 is 0 Å². The van der Waals surface area contributed by atoms with Crippen LogP contribution < -0.4 is 0 Å². The molecular formula is C9H7BrN2O2S. The van der Waals surface area contributed by atoms with Crippen molar-refractivity contribution in [2.24, 2.45) is 4.99 Å². The quantitative estimate of drug-likeness (QED) is 0.900. The number of aliphatic carboxylic acids is 1. The van der Waals surface area contributed by atoms with E-state index in [0.717, 1.165) is 15.1 Å². The topological polar surface area (TPSA) is 62.5 Å². The number of carboxylic acids is 1. The van der Waals surface area contributed by atoms with E-state index in [9.17, 15) is 4.79 Å². The minimum Gasteiger partial charge on any atom is -0.480 e. The van der Waals surface area contributed by atoms with Gasteiger partial charge in [-0.2, -0.15) is 0 Å². The van der Waals surface area contributed by atoms with E-state index in [1.54, 1.807) is 12.4 Å². The predicted octanol–water partition coefficient (Wildman–Crippen LogP) is 1.79. The molecule has 1 aromatic rings. The first-order valence-electron chi connectivity index (χ1n) is 4.21. The van der Waals surface area contributed by atoms with Crippen LogP contribution in [-0.4, -0.2) is 32.9 Å². The number of carboxylic acid groups (broad SMARTS) is 1. The van der Waals surface area contributed by atoms with E-state index in [2.05, 4.69) is 25.9 Å². The minimum absolute atomic E-state index is 0.497. The van der Waals surface area contributed by atoms with E-state index in [1.165, 1.54) is 11.8 Å². The van der Waals surface area contributed by atoms with Gasteiger partial charge in [0.2, 0.25) is 0 Å². The fourth-order valence-electron chi connectivity index (χ4n) is 1.19. The number of rotatable bonds is 2. The lowest BCUT2D eigenvalue weighted by Crippen LogP contribution is -2.17. The van der Waals surface area contributed by atoms with Gasteiger partial charge in [0, 0.05) is 28.2 Å². The lowest BCUT2D eigenvalue weighted by atomic mass is 10.3. The Hall–Kier alpha value is -0.880. The van der Waals surface area contributed by atoms with Crippen LogP contribution in [0.5, 0.6) is 0 Å². The van der Waals surface area contributed by atoms with Crippen molar-refractivity contribution in [1.82, 2.24) is 4.98 Å². The van der Waals surface area contributed by atoms with Gasteiger partial charge in [-0.3, -0.25) is 9.98 Å². The summed E-state index contributed by atoms with van der Waals surface area (Å²) in [6, 6.07) is 1.26. The molecule has 78 valence electrons. The number of carbonyl (C=O) groups is 1. The molecule has 15 heavy (non-hydrogen) atoms. The van der Waals surface area contributed by atoms with Crippen molar-refractivity contribution in [3.8, 4) is 0 Å². The monoisotopic (exact) mass is 286 g/mol. The molecule has 0 bridgehead atoms. The number of hydrogen-bond acceptors (Lipinski definition) is 4. The molecule has 6 heteroatoms. The van der Waals surface area contributed by atoms with Crippen LogP contribution >= 0.6 is 27.7 Å². The van der Waals surface area contributed by atoms with Crippen LogP contribution in [0, 0.1) is 0 Å². The maximum absolute atomic E-state index is 10.7. The highest BCUT2D eigenvalue weighted by Gasteiger charge is 2.25. The molecule has 0 aromatic carbocycles. The zero-order chi connectivity index (χ0) is 10.8. The number of pyridine rings is 1. The first-order valence-corrected chi connectivity index (χ1v) is 5.99. The Morgan fingerprint density at radius 3 is 3.00 bits per heavy atom. The summed E-state index contributed by atoms with van der Waals surface area (Å²) in [5, 5.41) is 9.53. The van der Waals surface area contributed by atoms with E-state index in [-0.39, 0.29) is 0 Å². The lowest BCUT2D eigenvalue weighted by molar-refractivity contribution is -0.137. The van der Waals surface area contributed by atoms with Crippen molar-refractivity contribution < 1.29 is 9.90 Å². The van der Waals surface area contributed by atoms with Crippen LogP contribution in [0.25, 0.3) is 0 Å². The molecule has 0 saturated heterocycles. The average Bonchev–Trinajstić information content (AvgIpc) is 2.66. The lowest BCUT2D eigenvalue weighted by Gasteiger charge is -1.98. The van der Waals surface area contributed by atoms with E-state index in [4.69, 9.17) is 5.11 Å². The zero-order valence-corrected chi connectivity index (χ0v) is 9.96. The predicted molar refractivity (Wildman–Crippen MR) is 62.4 cm³/mol. The maximum atomic E-state index is 10.7. The highest BCUT2D eigenvalue weighted by molar-refractivity contribution is 9.10. The van der Waals surface area contributed by atoms with Gasteiger partial charge >= 0.3 is 5.97 Å². The third kappa shape index (κ3) is 2.38. The molecule has 4 nitrogen and oxygen atoms in total. The highest BCUT2D eigenvalue weighted by atomic mass is 79.9. The van der Waals surface area contributed by atoms with Crippen LogP contribution in [0.15, 0.2) is 27.9 Å². The summed E-state index contributed by atoms with van der Waals surface area (Å²) in [7, 11) is 0. The van der Waals surface area contributed by atoms with Crippen LogP contribution in [0.3, 0.4) is 0 Å². The van der Waals surface area contributed by atoms with Gasteiger partial charge in [-0.25, -0.2) is 4.79 Å². The molecule has 0 amide bonds. The van der Waals surface area contributed by atoms with E-state index in [0.29, 0.717) is 5.75 Å². The Balaban J connectivity index is 2.26. The molecule has 2 rings (SSSR count). The molecule has 1 unspecified atom stereocenters. The summed E-state index contributed by atoms with van der Waals surface area (Å²) >= 11 is 4.76. The Kier molecular flexibility index (Phi) is 3.06. The third-order valence-corrected chi connectivity index (χ3v) is 3.42. The van der Waals surface area contributed by atoms with E-state index < -0.39 is 12.0 Å². The first-order chi connectivity index (χ1) is 7.16. The van der Waals surface area contributed by atoms with Gasteiger partial charge in [0.15, 0.2) is 6.04 Å². The van der Waals surface area contributed by atoms with Gasteiger partial charge < -0.3 is 5.11 Å². The smallest absolute Gasteiger partial charge is 0.329 e. The van der Waals surface area contributed by atoms with Gasteiger partial charge in [-0.15, -0.1) is 11.8 Å². The van der Waals surface area contributed by atoms with Gasteiger partial charge in [0.1, 0.15) is 5.04 Å². The SMILES string of the molecule is O=C(O)C1CSC(c2cncc(Br)c2)=N1. The molecule has 2 heterocycles. The molecular weight excluding hydrogens is 280 g/mol. The summed E-state index contributed by atoms with van der Waals surface area (Å²) in [5.74, 6) is -0.377. The second-order valence-electron chi connectivity index (χ2n) is 2.99. The molecule has 1 aliphatic rings. The zero-order valence-electron chi connectivity index (χ0n) is 7.55. The molecule has 1 atom stereocenters. The largest absolute Gasteiger partial charge is 0.480 e. The third-order valence-electron chi connectivity index (χ3n) is 1.89. The Morgan fingerprint density at radius 1 is 1.60 bits per heavy atom. The Bertz CT molecular complexity index is 436. The second kappa shape index (κ2) is 4.32. The Labute approximate surface area is 98.9 Å². The van der Waals surface area contributed by atoms with Crippen molar-refractivity contribution in [1.29, 1.82) is 0 Å². The van der Waals surface area contributed by atoms with Crippen molar-refractivity contribution in [3.63, 3.8) is 0 Å². The van der Waals surface area contributed by atoms with Crippen LogP contribution in [0.4, 0.5) is 0 Å². The van der Waals surface area contributed by atoms with Gasteiger partial charge in [0.25, 0.3) is 0 Å². The minimum atomic E-state index is -0.875. The first kappa shape index (κ1) is 10.6. The number of nitrogens with zero attached hydrogens (tertiary/aromatic N) is 2. The summed E-state index contributed by atoms with van der Waals surface area (Å²) in [4.78, 5) is 18.8. The van der Waals surface area contributed by atoms with Gasteiger partial charge in [-0.05, 0) is 22.0 Å². The number of aliphatic imine (C=N–C) groups is 1. The van der Waals surface area contributed by atoms with Crippen molar-refractivity contribution in [3.05, 3.63) is 28.5 Å². The van der Waals surface area contributed by atoms with Crippen molar-refractivity contribution in [2.75, 3.05) is 5.75 Å². The fourth-order valence-corrected chi connectivity index (χ4v) is 2.56. The number of halogens is 1. The van der Waals surface area contributed by atoms with Crippen molar-refractivity contribution >= 4 is 38.7 Å². The molecule has 0 radical (unpaired) electrons. The summed E-state index contributed by atoms with van der Waals surface area (Å²) < 4.78 is 0.863. The molecule has 1 aliphatic heterocycles. The van der Waals surface area contributed by atoms with Crippen molar-refractivity contribution in [2.45, 2.75) is 6.04 Å².